The third kappa shape index (κ3) is 3.58. The van der Waals surface area contributed by atoms with E-state index in [2.05, 4.69) is 112 Å². The van der Waals surface area contributed by atoms with E-state index in [4.69, 9.17) is 0 Å². The monoisotopic (exact) mass is 424 g/mol. The van der Waals surface area contributed by atoms with E-state index in [1.807, 2.05) is 25.4 Å². The topological polar surface area (TPSA) is 28.2 Å². The van der Waals surface area contributed by atoms with E-state index in [9.17, 15) is 0 Å². The Morgan fingerprint density at radius 3 is 2.58 bits per heavy atom. The first-order chi connectivity index (χ1) is 15.2. The maximum absolute atomic E-state index is 3.51. The number of likely N-dealkylation sites (N-methyl/N-ethyl adjacent to an activating group) is 1. The first-order valence-corrected chi connectivity index (χ1v) is 11.4. The Balaban J connectivity index is 1.67. The lowest BCUT2D eigenvalue weighted by atomic mass is 9.88. The zero-order valence-electron chi connectivity index (χ0n) is 17.8. The van der Waals surface area contributed by atoms with Gasteiger partial charge in [-0.2, -0.15) is 0 Å². The van der Waals surface area contributed by atoms with Crippen LogP contribution >= 0.6 is 11.3 Å². The predicted octanol–water partition coefficient (Wildman–Crippen LogP) is 5.34. The Morgan fingerprint density at radius 2 is 1.77 bits per heavy atom. The summed E-state index contributed by atoms with van der Waals surface area (Å²) in [6.45, 7) is 0. The molecule has 31 heavy (non-hydrogen) atoms. The van der Waals surface area contributed by atoms with Gasteiger partial charge in [-0.05, 0) is 30.8 Å². The number of allylic oxidation sites excluding steroid dienone is 2. The van der Waals surface area contributed by atoms with Crippen LogP contribution in [-0.4, -0.2) is 19.6 Å². The maximum Gasteiger partial charge on any atom is 0.276 e. The van der Waals surface area contributed by atoms with Crippen LogP contribution < -0.4 is 15.0 Å². The van der Waals surface area contributed by atoms with Crippen LogP contribution in [0.4, 0.5) is 0 Å². The first-order valence-electron chi connectivity index (χ1n) is 10.6. The fourth-order valence-corrected chi connectivity index (χ4v) is 5.46. The Bertz CT molecular complexity index is 1330. The largest absolute Gasteiger partial charge is 0.391 e. The number of para-hydroxylation sites is 1. The fraction of sp³-hybridized carbons (Fsp3) is 0.148. The third-order valence-corrected chi connectivity index (χ3v) is 7.18. The SMILES string of the molecule is CNC1=CC=CC(C=Cc2ccc(-c3ccccc3)c3sc4ccccc4[n+]23)(NC)C1. The van der Waals surface area contributed by atoms with E-state index in [-0.39, 0.29) is 5.54 Å². The first kappa shape index (κ1) is 19.7. The number of rotatable bonds is 5. The molecular weight excluding hydrogens is 398 g/mol. The van der Waals surface area contributed by atoms with Gasteiger partial charge in [0.25, 0.3) is 4.83 Å². The van der Waals surface area contributed by atoms with Crippen molar-refractivity contribution in [3.8, 4) is 11.1 Å². The van der Waals surface area contributed by atoms with E-state index < -0.39 is 0 Å². The Kier molecular flexibility index (Phi) is 5.18. The molecule has 1 atom stereocenters. The van der Waals surface area contributed by atoms with Crippen LogP contribution in [0.25, 0.3) is 32.2 Å². The van der Waals surface area contributed by atoms with Gasteiger partial charge in [-0.1, -0.05) is 72.0 Å². The smallest absolute Gasteiger partial charge is 0.276 e. The molecule has 1 unspecified atom stereocenters. The number of nitrogens with zero attached hydrogens (tertiary/aromatic N) is 1. The highest BCUT2D eigenvalue weighted by Gasteiger charge is 2.26. The van der Waals surface area contributed by atoms with Crippen LogP contribution in [0.2, 0.25) is 0 Å². The number of pyridine rings is 1. The zero-order chi connectivity index (χ0) is 21.3. The summed E-state index contributed by atoms with van der Waals surface area (Å²) in [4.78, 5) is 1.27. The van der Waals surface area contributed by atoms with E-state index in [1.54, 1.807) is 0 Å². The zero-order valence-corrected chi connectivity index (χ0v) is 18.6. The molecule has 0 aliphatic heterocycles. The van der Waals surface area contributed by atoms with E-state index in [1.165, 1.54) is 37.6 Å². The average Bonchev–Trinajstić information content (AvgIpc) is 3.23. The van der Waals surface area contributed by atoms with Crippen molar-refractivity contribution in [1.82, 2.24) is 10.6 Å². The molecule has 154 valence electrons. The van der Waals surface area contributed by atoms with Crippen molar-refractivity contribution in [3.63, 3.8) is 0 Å². The van der Waals surface area contributed by atoms with Gasteiger partial charge in [-0.25, -0.2) is 0 Å². The third-order valence-electron chi connectivity index (χ3n) is 6.02. The second-order valence-corrected chi connectivity index (χ2v) is 8.88. The summed E-state index contributed by atoms with van der Waals surface area (Å²) in [5.74, 6) is 0. The molecular formula is C27H26N3S+. The van der Waals surface area contributed by atoms with Crippen LogP contribution in [0.3, 0.4) is 0 Å². The Morgan fingerprint density at radius 1 is 0.968 bits per heavy atom. The second-order valence-electron chi connectivity index (χ2n) is 7.85. The van der Waals surface area contributed by atoms with Gasteiger partial charge in [0, 0.05) is 37.4 Å². The van der Waals surface area contributed by atoms with Crippen LogP contribution in [-0.2, 0) is 0 Å². The lowest BCUT2D eigenvalue weighted by Gasteiger charge is -2.30. The maximum atomic E-state index is 3.51. The van der Waals surface area contributed by atoms with Gasteiger partial charge in [0.05, 0.1) is 11.1 Å². The van der Waals surface area contributed by atoms with E-state index >= 15 is 0 Å². The van der Waals surface area contributed by atoms with Crippen molar-refractivity contribution in [2.75, 3.05) is 14.1 Å². The van der Waals surface area contributed by atoms with Gasteiger partial charge in [0.1, 0.15) is 4.70 Å². The molecule has 4 heteroatoms. The van der Waals surface area contributed by atoms with Crippen LogP contribution in [0, 0.1) is 0 Å². The lowest BCUT2D eigenvalue weighted by Crippen LogP contribution is -2.41. The van der Waals surface area contributed by atoms with Crippen LogP contribution in [0.1, 0.15) is 12.1 Å². The van der Waals surface area contributed by atoms with Crippen molar-refractivity contribution >= 4 is 32.5 Å². The normalized spacial score (nSPS) is 18.7. The highest BCUT2D eigenvalue weighted by Crippen LogP contribution is 2.31. The lowest BCUT2D eigenvalue weighted by molar-refractivity contribution is -0.479. The summed E-state index contributed by atoms with van der Waals surface area (Å²) in [6.07, 6.45) is 11.9. The summed E-state index contributed by atoms with van der Waals surface area (Å²) in [7, 11) is 4.00. The summed E-state index contributed by atoms with van der Waals surface area (Å²) in [5.41, 5.74) is 5.95. The summed E-state index contributed by atoms with van der Waals surface area (Å²) >= 11 is 1.85. The number of nitrogens with one attached hydrogen (secondary N) is 2. The number of benzene rings is 2. The number of hydrogen-bond acceptors (Lipinski definition) is 3. The molecule has 2 heterocycles. The Labute approximate surface area is 187 Å². The van der Waals surface area contributed by atoms with Gasteiger partial charge in [-0.15, -0.1) is 4.40 Å². The minimum Gasteiger partial charge on any atom is -0.391 e. The fourth-order valence-electron chi connectivity index (χ4n) is 4.25. The number of aromatic nitrogens is 1. The molecule has 1 aliphatic rings. The van der Waals surface area contributed by atoms with Crippen LogP contribution in [0.15, 0.2) is 96.7 Å². The van der Waals surface area contributed by atoms with Crippen molar-refractivity contribution in [1.29, 1.82) is 0 Å². The van der Waals surface area contributed by atoms with E-state index in [0.717, 1.165) is 6.42 Å². The van der Waals surface area contributed by atoms with Gasteiger partial charge < -0.3 is 10.6 Å². The van der Waals surface area contributed by atoms with Gasteiger partial charge in [-0.3, -0.25) is 0 Å². The van der Waals surface area contributed by atoms with Crippen molar-refractivity contribution in [3.05, 3.63) is 102 Å². The van der Waals surface area contributed by atoms with Crippen LogP contribution in [0.5, 0.6) is 0 Å². The Hall–Kier alpha value is -3.21. The standard InChI is InChI=1S/C27H26N3S/c1-28-21-11-8-17-27(19-21,29-2)18-16-22-14-15-23(20-9-4-3-5-10-20)26-30(22)24-12-6-7-13-25(24)31-26/h3-18,28-29H,19H2,1-2H3/q+1. The minimum absolute atomic E-state index is 0.204. The molecule has 0 bridgehead atoms. The quantitative estimate of drug-likeness (QED) is 0.423. The molecule has 3 nitrogen and oxygen atoms in total. The molecule has 0 saturated heterocycles. The second kappa shape index (κ2) is 8.14. The molecule has 1 aliphatic carbocycles. The molecule has 2 aromatic carbocycles. The molecule has 2 N–H and O–H groups in total. The van der Waals surface area contributed by atoms with Gasteiger partial charge in [0.15, 0.2) is 0 Å². The van der Waals surface area contributed by atoms with E-state index in [0.29, 0.717) is 0 Å². The van der Waals surface area contributed by atoms with Gasteiger partial charge in [0.2, 0.25) is 11.2 Å². The highest BCUT2D eigenvalue weighted by atomic mass is 32.1. The number of hydrogen-bond donors (Lipinski definition) is 2. The molecule has 4 aromatic rings. The highest BCUT2D eigenvalue weighted by molar-refractivity contribution is 7.23. The minimum atomic E-state index is -0.204. The molecule has 0 radical (unpaired) electrons. The molecule has 0 amide bonds. The van der Waals surface area contributed by atoms with Crippen molar-refractivity contribution < 1.29 is 4.40 Å². The summed E-state index contributed by atoms with van der Waals surface area (Å²) < 4.78 is 3.69. The molecule has 0 fully saturated rings. The number of thiazole rings is 1. The molecule has 0 spiro atoms. The van der Waals surface area contributed by atoms with Crippen molar-refractivity contribution in [2.45, 2.75) is 12.0 Å². The predicted molar refractivity (Wildman–Crippen MR) is 132 cm³/mol. The van der Waals surface area contributed by atoms with Crippen molar-refractivity contribution in [2.24, 2.45) is 0 Å². The van der Waals surface area contributed by atoms with Gasteiger partial charge >= 0.3 is 0 Å². The number of fused-ring (bicyclic) bond motifs is 3. The summed E-state index contributed by atoms with van der Waals surface area (Å²) in [6, 6.07) is 23.8. The summed E-state index contributed by atoms with van der Waals surface area (Å²) in [5, 5.41) is 6.81. The average molecular weight is 425 g/mol. The molecule has 0 saturated carbocycles. The molecule has 5 rings (SSSR count). The molecule has 2 aromatic heterocycles.